The van der Waals surface area contributed by atoms with Gasteiger partial charge in [0.05, 0.1) is 23.2 Å². The first-order valence-electron chi connectivity index (χ1n) is 14.5. The summed E-state index contributed by atoms with van der Waals surface area (Å²) in [7, 11) is 0. The van der Waals surface area contributed by atoms with Gasteiger partial charge in [0.15, 0.2) is 5.78 Å². The summed E-state index contributed by atoms with van der Waals surface area (Å²) in [5.74, 6) is -1.06. The molecule has 0 aliphatic carbocycles. The molecule has 0 radical (unpaired) electrons. The molecular weight excluding hydrogens is 594 g/mol. The molecule has 2 atom stereocenters. The van der Waals surface area contributed by atoms with Crippen LogP contribution in [-0.4, -0.2) is 73.4 Å². The third kappa shape index (κ3) is 9.55. The second-order valence-corrected chi connectivity index (χ2v) is 12.4. The Morgan fingerprint density at radius 2 is 1.70 bits per heavy atom. The average Bonchev–Trinajstić information content (AvgIpc) is 3.20. The number of nitrogens with zero attached hydrogens (tertiary/aromatic N) is 1. The van der Waals surface area contributed by atoms with Crippen LogP contribution in [0.25, 0.3) is 0 Å². The van der Waals surface area contributed by atoms with Gasteiger partial charge in [0.2, 0.25) is 11.8 Å². The van der Waals surface area contributed by atoms with Crippen molar-refractivity contribution in [1.29, 1.82) is 0 Å². The van der Waals surface area contributed by atoms with Gasteiger partial charge in [-0.3, -0.25) is 14.4 Å². The Hall–Kier alpha value is -2.91. The Morgan fingerprint density at radius 3 is 2.30 bits per heavy atom. The molecule has 0 spiro atoms. The monoisotopic (exact) mass is 635 g/mol. The number of thioether (sulfide) groups is 1. The van der Waals surface area contributed by atoms with Crippen LogP contribution >= 0.6 is 11.8 Å². The molecule has 0 fully saturated rings. The molecule has 2 aromatic rings. The van der Waals surface area contributed by atoms with Gasteiger partial charge in [-0.2, -0.15) is 13.2 Å². The van der Waals surface area contributed by atoms with Gasteiger partial charge in [-0.25, -0.2) is 0 Å². The minimum Gasteiger partial charge on any atom is -0.422 e. The first-order chi connectivity index (χ1) is 20.7. The summed E-state index contributed by atoms with van der Waals surface area (Å²) < 4.78 is 45.0. The van der Waals surface area contributed by atoms with Crippen LogP contribution in [0.1, 0.15) is 43.4 Å². The third-order valence-electron chi connectivity index (χ3n) is 7.51. The maximum atomic E-state index is 13.6. The van der Waals surface area contributed by atoms with Crippen molar-refractivity contribution in [2.24, 2.45) is 17.2 Å². The molecule has 2 amide bonds. The van der Waals surface area contributed by atoms with Gasteiger partial charge >= 0.3 is 13.1 Å². The molecule has 14 heteroatoms. The van der Waals surface area contributed by atoms with Gasteiger partial charge in [-0.1, -0.05) is 25.0 Å². The summed E-state index contributed by atoms with van der Waals surface area (Å²) in [6, 6.07) is 8.26. The van der Waals surface area contributed by atoms with Gasteiger partial charge in [-0.15, -0.1) is 11.8 Å². The Labute approximate surface area is 260 Å². The van der Waals surface area contributed by atoms with Gasteiger partial charge in [0, 0.05) is 49.7 Å². The number of halogens is 3. The average molecular weight is 636 g/mol. The largest absolute Gasteiger partial charge is 0.422 e. The normalized spacial score (nSPS) is 15.4. The summed E-state index contributed by atoms with van der Waals surface area (Å²) in [6.07, 6.45) is -4.41. The molecule has 0 aromatic heterocycles. The van der Waals surface area contributed by atoms with Crippen molar-refractivity contribution in [3.8, 4) is 0 Å². The van der Waals surface area contributed by atoms with Crippen molar-refractivity contribution < 1.29 is 32.2 Å². The highest BCUT2D eigenvalue weighted by Gasteiger charge is 2.38. The molecule has 44 heavy (non-hydrogen) atoms. The number of fused-ring (bicyclic) bond motifs is 1. The highest BCUT2D eigenvalue weighted by atomic mass is 32.2. The lowest BCUT2D eigenvalue weighted by Gasteiger charge is -2.23. The molecule has 0 saturated carbocycles. The predicted octanol–water partition coefficient (Wildman–Crippen LogP) is 2.04. The predicted molar refractivity (Wildman–Crippen MR) is 167 cm³/mol. The molecular formula is C30H41BF3N5O4S. The topological polar surface area (TPSA) is 154 Å². The minimum absolute atomic E-state index is 0.00108. The highest BCUT2D eigenvalue weighted by Crippen LogP contribution is 2.32. The lowest BCUT2D eigenvalue weighted by molar-refractivity contribution is -0.137. The summed E-state index contributed by atoms with van der Waals surface area (Å²) in [5.41, 5.74) is 18.7. The molecule has 1 aliphatic rings. The number of hydrogen-bond donors (Lipinski definition) is 4. The number of carbonyl (C=O) groups is 3. The molecule has 0 bridgehead atoms. The summed E-state index contributed by atoms with van der Waals surface area (Å²) in [6.45, 7) is 7.01. The number of amides is 2. The van der Waals surface area contributed by atoms with Crippen molar-refractivity contribution in [3.63, 3.8) is 0 Å². The van der Waals surface area contributed by atoms with Crippen LogP contribution in [0.4, 0.5) is 13.2 Å². The first kappa shape index (κ1) is 35.6. The van der Waals surface area contributed by atoms with Crippen LogP contribution in [0.5, 0.6) is 0 Å². The third-order valence-corrected chi connectivity index (χ3v) is 8.62. The van der Waals surface area contributed by atoms with Gasteiger partial charge in [-0.05, 0) is 61.1 Å². The number of ketones is 1. The Morgan fingerprint density at radius 1 is 1.07 bits per heavy atom. The zero-order valence-corrected chi connectivity index (χ0v) is 26.1. The summed E-state index contributed by atoms with van der Waals surface area (Å²) in [4.78, 5) is 41.2. The van der Waals surface area contributed by atoms with Crippen LogP contribution in [-0.2, 0) is 37.2 Å². The van der Waals surface area contributed by atoms with Gasteiger partial charge in [0.25, 0.3) is 0 Å². The SMILES string of the molecule is CB1OC(C)(C)c2cc(CC(=O)[C@@H](CSc3ccc(C(F)(F)F)cc3)NC(=O)[C@@H](N)CCC(=O)N(CCN)CCN)ccc21. The van der Waals surface area contributed by atoms with E-state index in [4.69, 9.17) is 21.9 Å². The number of nitrogens with one attached hydrogen (secondary N) is 1. The smallest absolute Gasteiger partial charge is 0.416 e. The number of alkyl halides is 3. The Kier molecular flexibility index (Phi) is 12.4. The maximum absolute atomic E-state index is 13.6. The zero-order valence-electron chi connectivity index (χ0n) is 25.3. The Balaban J connectivity index is 1.72. The molecule has 0 unspecified atom stereocenters. The number of rotatable bonds is 15. The Bertz CT molecular complexity index is 1310. The van der Waals surface area contributed by atoms with E-state index in [1.807, 2.05) is 38.9 Å². The fourth-order valence-electron chi connectivity index (χ4n) is 5.14. The molecule has 7 N–H and O–H groups in total. The number of hydrogen-bond acceptors (Lipinski definition) is 8. The molecule has 1 heterocycles. The van der Waals surface area contributed by atoms with Crippen molar-refractivity contribution in [1.82, 2.24) is 10.2 Å². The fraction of sp³-hybridized carbons (Fsp3) is 0.500. The van der Waals surface area contributed by atoms with E-state index in [0.717, 1.165) is 40.5 Å². The van der Waals surface area contributed by atoms with E-state index in [1.54, 1.807) is 0 Å². The summed E-state index contributed by atoms with van der Waals surface area (Å²) in [5, 5.41) is 2.72. The van der Waals surface area contributed by atoms with Gasteiger partial charge < -0.3 is 32.1 Å². The van der Waals surface area contributed by atoms with Crippen molar-refractivity contribution in [2.75, 3.05) is 31.9 Å². The second-order valence-electron chi connectivity index (χ2n) is 11.3. The first-order valence-corrected chi connectivity index (χ1v) is 15.5. The fourth-order valence-corrected chi connectivity index (χ4v) is 6.09. The number of nitrogens with two attached hydrogens (primary N) is 3. The van der Waals surface area contributed by atoms with E-state index < -0.39 is 35.3 Å². The summed E-state index contributed by atoms with van der Waals surface area (Å²) >= 11 is 1.15. The lowest BCUT2D eigenvalue weighted by atomic mass is 9.64. The molecule has 0 saturated heterocycles. The van der Waals surface area contributed by atoms with Crippen molar-refractivity contribution in [3.05, 3.63) is 59.2 Å². The standard InChI is InChI=1S/C30H41BF3N5O4S/c1-29(2)22-16-19(4-9-23(22)31(3)43-29)17-26(40)25(18-44-21-7-5-20(6-8-21)30(32,33)34)38-28(42)24(37)10-11-27(41)39(14-12-35)15-13-36/h4-9,16,24-25H,10-15,17-18,35-37H2,1-3H3,(H,38,42)/t24-,25+/m0/s1. The van der Waals surface area contributed by atoms with E-state index in [0.29, 0.717) is 18.0 Å². The quantitative estimate of drug-likeness (QED) is 0.171. The number of carbonyl (C=O) groups excluding carboxylic acids is 3. The van der Waals surface area contributed by atoms with Gasteiger partial charge in [0.1, 0.15) is 0 Å². The van der Waals surface area contributed by atoms with Crippen LogP contribution in [0.3, 0.4) is 0 Å². The van der Waals surface area contributed by atoms with Crippen LogP contribution in [0.15, 0.2) is 47.4 Å². The van der Waals surface area contributed by atoms with Crippen molar-refractivity contribution in [2.45, 2.75) is 68.7 Å². The number of benzene rings is 2. The molecule has 1 aliphatic heterocycles. The van der Waals surface area contributed by atoms with E-state index in [9.17, 15) is 27.6 Å². The van der Waals surface area contributed by atoms with E-state index in [2.05, 4.69) is 5.32 Å². The molecule has 3 rings (SSSR count). The maximum Gasteiger partial charge on any atom is 0.416 e. The van der Waals surface area contributed by atoms with Crippen LogP contribution in [0.2, 0.25) is 6.82 Å². The van der Waals surface area contributed by atoms with Crippen LogP contribution < -0.4 is 28.0 Å². The minimum atomic E-state index is -4.47. The van der Waals surface area contributed by atoms with E-state index >= 15 is 0 Å². The number of Topliss-reactive ketones (excluding diaryl/α,β-unsaturated/α-hetero) is 1. The molecule has 2 aromatic carbocycles. The second kappa shape index (κ2) is 15.4. The lowest BCUT2D eigenvalue weighted by Crippen LogP contribution is -2.50. The van der Waals surface area contributed by atoms with E-state index in [1.165, 1.54) is 17.0 Å². The molecule has 9 nitrogen and oxygen atoms in total. The van der Waals surface area contributed by atoms with Crippen molar-refractivity contribution >= 4 is 41.7 Å². The molecule has 240 valence electrons. The van der Waals surface area contributed by atoms with Crippen LogP contribution in [0, 0.1) is 0 Å². The highest BCUT2D eigenvalue weighted by molar-refractivity contribution is 7.99. The zero-order chi connectivity index (χ0) is 32.7. The van der Waals surface area contributed by atoms with E-state index in [-0.39, 0.29) is 56.7 Å².